The van der Waals surface area contributed by atoms with Gasteiger partial charge in [0.15, 0.2) is 5.11 Å². The summed E-state index contributed by atoms with van der Waals surface area (Å²) in [5.41, 5.74) is 7.34. The Bertz CT molecular complexity index is 736. The van der Waals surface area contributed by atoms with E-state index in [0.29, 0.717) is 11.2 Å². The van der Waals surface area contributed by atoms with E-state index in [-0.39, 0.29) is 12.3 Å². The maximum Gasteiger partial charge on any atom is 0.245 e. The van der Waals surface area contributed by atoms with Crippen LogP contribution in [0.15, 0.2) is 24.3 Å². The number of benzene rings is 1. The Kier molecular flexibility index (Phi) is 5.30. The highest BCUT2D eigenvalue weighted by Crippen LogP contribution is 2.17. The number of imidazole rings is 1. The standard InChI is InChI=1S/C17H23N5OS/c1-22-14-10-6-5-9-13(14)19-15(22)11-16(23)20-21-17(24)18-12-7-3-2-4-8-12/h5-6,9-10,12H,2-4,7-8,11H2,1H3,(H,20,23)(H2,18,21,24). The Morgan fingerprint density at radius 1 is 1.25 bits per heavy atom. The van der Waals surface area contributed by atoms with Gasteiger partial charge in [-0.15, -0.1) is 0 Å². The minimum atomic E-state index is -0.166. The molecule has 7 heteroatoms. The number of hydrogen-bond acceptors (Lipinski definition) is 3. The molecule has 0 spiro atoms. The molecule has 128 valence electrons. The van der Waals surface area contributed by atoms with Gasteiger partial charge in [0.05, 0.1) is 17.5 Å². The quantitative estimate of drug-likeness (QED) is 0.586. The number of para-hydroxylation sites is 2. The fraction of sp³-hybridized carbons (Fsp3) is 0.471. The molecular weight excluding hydrogens is 322 g/mol. The molecule has 1 fully saturated rings. The molecule has 2 aromatic rings. The van der Waals surface area contributed by atoms with Gasteiger partial charge in [-0.05, 0) is 37.2 Å². The van der Waals surface area contributed by atoms with Crippen molar-refractivity contribution in [3.8, 4) is 0 Å². The van der Waals surface area contributed by atoms with E-state index >= 15 is 0 Å². The van der Waals surface area contributed by atoms with Crippen LogP contribution in [-0.2, 0) is 18.3 Å². The number of hydrazine groups is 1. The third-order valence-electron chi connectivity index (χ3n) is 4.45. The van der Waals surface area contributed by atoms with Gasteiger partial charge in [0.1, 0.15) is 5.82 Å². The van der Waals surface area contributed by atoms with Gasteiger partial charge in [0, 0.05) is 13.1 Å². The Labute approximate surface area is 147 Å². The Morgan fingerprint density at radius 2 is 2.00 bits per heavy atom. The second-order valence-corrected chi connectivity index (χ2v) is 6.64. The molecule has 3 rings (SSSR count). The number of hydrogen-bond donors (Lipinski definition) is 3. The number of nitrogens with zero attached hydrogens (tertiary/aromatic N) is 2. The van der Waals surface area contributed by atoms with Gasteiger partial charge in [0.2, 0.25) is 5.91 Å². The van der Waals surface area contributed by atoms with E-state index in [1.165, 1.54) is 19.3 Å². The molecule has 1 amide bonds. The number of amides is 1. The van der Waals surface area contributed by atoms with E-state index in [4.69, 9.17) is 12.2 Å². The van der Waals surface area contributed by atoms with Gasteiger partial charge in [-0.1, -0.05) is 31.4 Å². The molecule has 1 heterocycles. The van der Waals surface area contributed by atoms with Crippen molar-refractivity contribution in [1.82, 2.24) is 25.7 Å². The van der Waals surface area contributed by atoms with E-state index in [1.54, 1.807) is 0 Å². The van der Waals surface area contributed by atoms with Crippen LogP contribution in [0.4, 0.5) is 0 Å². The van der Waals surface area contributed by atoms with Crippen molar-refractivity contribution >= 4 is 34.3 Å². The van der Waals surface area contributed by atoms with Crippen LogP contribution in [0.3, 0.4) is 0 Å². The largest absolute Gasteiger partial charge is 0.359 e. The smallest absolute Gasteiger partial charge is 0.245 e. The number of aryl methyl sites for hydroxylation is 1. The highest BCUT2D eigenvalue weighted by Gasteiger charge is 2.15. The predicted octanol–water partition coefficient (Wildman–Crippen LogP) is 1.94. The maximum absolute atomic E-state index is 12.1. The fourth-order valence-electron chi connectivity index (χ4n) is 3.14. The van der Waals surface area contributed by atoms with Crippen LogP contribution in [0.5, 0.6) is 0 Å². The molecule has 24 heavy (non-hydrogen) atoms. The second-order valence-electron chi connectivity index (χ2n) is 6.23. The first kappa shape index (κ1) is 16.7. The van der Waals surface area contributed by atoms with Crippen molar-refractivity contribution in [2.75, 3.05) is 0 Å². The zero-order valence-corrected chi connectivity index (χ0v) is 14.7. The average molecular weight is 345 g/mol. The third kappa shape index (κ3) is 4.03. The normalized spacial score (nSPS) is 15.2. The summed E-state index contributed by atoms with van der Waals surface area (Å²) in [6, 6.07) is 8.25. The SMILES string of the molecule is Cn1c(CC(=O)NNC(=S)NC2CCCCC2)nc2ccccc21. The van der Waals surface area contributed by atoms with E-state index in [9.17, 15) is 4.79 Å². The lowest BCUT2D eigenvalue weighted by Crippen LogP contribution is -2.50. The lowest BCUT2D eigenvalue weighted by atomic mass is 9.96. The summed E-state index contributed by atoms with van der Waals surface area (Å²) < 4.78 is 1.94. The number of nitrogens with one attached hydrogen (secondary N) is 3. The Hall–Kier alpha value is -2.15. The van der Waals surface area contributed by atoms with Crippen LogP contribution >= 0.6 is 12.2 Å². The molecule has 1 aliphatic carbocycles. The van der Waals surface area contributed by atoms with Crippen LogP contribution in [0.1, 0.15) is 37.9 Å². The van der Waals surface area contributed by atoms with Gasteiger partial charge < -0.3 is 9.88 Å². The van der Waals surface area contributed by atoms with Crippen molar-refractivity contribution in [3.63, 3.8) is 0 Å². The minimum Gasteiger partial charge on any atom is -0.359 e. The number of carbonyl (C=O) groups excluding carboxylic acids is 1. The number of aromatic nitrogens is 2. The third-order valence-corrected chi connectivity index (χ3v) is 4.67. The second kappa shape index (κ2) is 7.61. The predicted molar refractivity (Wildman–Crippen MR) is 98.3 cm³/mol. The number of carbonyl (C=O) groups is 1. The van der Waals surface area contributed by atoms with Crippen LogP contribution < -0.4 is 16.2 Å². The van der Waals surface area contributed by atoms with Gasteiger partial charge in [-0.2, -0.15) is 0 Å². The molecule has 6 nitrogen and oxygen atoms in total. The average Bonchev–Trinajstić information content (AvgIpc) is 2.90. The van der Waals surface area contributed by atoms with Crippen molar-refractivity contribution in [3.05, 3.63) is 30.1 Å². The number of thiocarbonyl (C=S) groups is 1. The molecule has 1 aromatic heterocycles. The van der Waals surface area contributed by atoms with Crippen molar-refractivity contribution in [1.29, 1.82) is 0 Å². The van der Waals surface area contributed by atoms with E-state index in [1.807, 2.05) is 35.9 Å². The van der Waals surface area contributed by atoms with E-state index < -0.39 is 0 Å². The molecule has 1 aliphatic rings. The summed E-state index contributed by atoms with van der Waals surface area (Å²) in [4.78, 5) is 16.6. The summed E-state index contributed by atoms with van der Waals surface area (Å²) in [5, 5.41) is 3.73. The van der Waals surface area contributed by atoms with Crippen molar-refractivity contribution < 1.29 is 4.79 Å². The van der Waals surface area contributed by atoms with Crippen molar-refractivity contribution in [2.24, 2.45) is 7.05 Å². The highest BCUT2D eigenvalue weighted by atomic mass is 32.1. The molecule has 1 saturated carbocycles. The summed E-state index contributed by atoms with van der Waals surface area (Å²) in [6.07, 6.45) is 6.24. The number of rotatable bonds is 3. The van der Waals surface area contributed by atoms with E-state index in [0.717, 1.165) is 29.7 Å². The van der Waals surface area contributed by atoms with Gasteiger partial charge >= 0.3 is 0 Å². The van der Waals surface area contributed by atoms with Crippen LogP contribution in [0.2, 0.25) is 0 Å². The summed E-state index contributed by atoms with van der Waals surface area (Å²) in [6.45, 7) is 0. The monoisotopic (exact) mass is 345 g/mol. The molecule has 0 radical (unpaired) electrons. The molecule has 0 saturated heterocycles. The Morgan fingerprint density at radius 3 is 2.75 bits per heavy atom. The first-order valence-electron chi connectivity index (χ1n) is 8.39. The zero-order valence-electron chi connectivity index (χ0n) is 13.8. The minimum absolute atomic E-state index is 0.166. The zero-order chi connectivity index (χ0) is 16.9. The molecule has 0 atom stereocenters. The van der Waals surface area contributed by atoms with Crippen molar-refractivity contribution in [2.45, 2.75) is 44.6 Å². The maximum atomic E-state index is 12.1. The van der Waals surface area contributed by atoms with Gasteiger partial charge in [-0.3, -0.25) is 15.6 Å². The molecule has 0 aliphatic heterocycles. The fourth-order valence-corrected chi connectivity index (χ4v) is 3.35. The molecular formula is C17H23N5OS. The van der Waals surface area contributed by atoms with Gasteiger partial charge in [-0.25, -0.2) is 4.98 Å². The topological polar surface area (TPSA) is 71.0 Å². The first-order valence-corrected chi connectivity index (χ1v) is 8.80. The summed E-state index contributed by atoms with van der Waals surface area (Å²) in [7, 11) is 1.92. The Balaban J connectivity index is 1.49. The van der Waals surface area contributed by atoms with E-state index in [2.05, 4.69) is 21.2 Å². The van der Waals surface area contributed by atoms with Gasteiger partial charge in [0.25, 0.3) is 0 Å². The van der Waals surface area contributed by atoms with Crippen LogP contribution in [0.25, 0.3) is 11.0 Å². The molecule has 0 unspecified atom stereocenters. The lowest BCUT2D eigenvalue weighted by molar-refractivity contribution is -0.121. The first-order chi connectivity index (χ1) is 11.6. The molecule has 0 bridgehead atoms. The lowest BCUT2D eigenvalue weighted by Gasteiger charge is -2.24. The summed E-state index contributed by atoms with van der Waals surface area (Å²) >= 11 is 5.24. The summed E-state index contributed by atoms with van der Waals surface area (Å²) in [5.74, 6) is 0.558. The molecule has 3 N–H and O–H groups in total. The highest BCUT2D eigenvalue weighted by molar-refractivity contribution is 7.80. The molecule has 1 aromatic carbocycles. The number of fused-ring (bicyclic) bond motifs is 1. The van der Waals surface area contributed by atoms with Crippen LogP contribution in [0, 0.1) is 0 Å². The van der Waals surface area contributed by atoms with Crippen LogP contribution in [-0.4, -0.2) is 26.6 Å².